The first kappa shape index (κ1) is 13.5. The van der Waals surface area contributed by atoms with E-state index in [2.05, 4.69) is 30.3 Å². The molecule has 104 valence electrons. The van der Waals surface area contributed by atoms with Gasteiger partial charge in [0.05, 0.1) is 12.1 Å². The number of methoxy groups -OCH3 is 1. The van der Waals surface area contributed by atoms with E-state index >= 15 is 0 Å². The van der Waals surface area contributed by atoms with Crippen LogP contribution in [0.4, 0.5) is 0 Å². The van der Waals surface area contributed by atoms with Gasteiger partial charge >= 0.3 is 0 Å². The van der Waals surface area contributed by atoms with E-state index in [1.165, 1.54) is 16.7 Å². The van der Waals surface area contributed by atoms with Gasteiger partial charge in [0.25, 0.3) is 0 Å². The minimum absolute atomic E-state index is 0.178. The van der Waals surface area contributed by atoms with E-state index in [0.717, 1.165) is 18.6 Å². The summed E-state index contributed by atoms with van der Waals surface area (Å²) in [4.78, 5) is 0. The second-order valence-electron chi connectivity index (χ2n) is 5.35. The molecule has 1 aliphatic carbocycles. The average Bonchev–Trinajstić information content (AvgIpc) is 2.46. The van der Waals surface area contributed by atoms with Crippen molar-refractivity contribution in [2.24, 2.45) is 5.73 Å². The van der Waals surface area contributed by atoms with Crippen LogP contribution in [0.1, 0.15) is 29.0 Å². The van der Waals surface area contributed by atoms with Crippen molar-refractivity contribution in [2.75, 3.05) is 7.11 Å². The first-order valence-corrected chi connectivity index (χ1v) is 7.23. The van der Waals surface area contributed by atoms with Gasteiger partial charge in [-0.05, 0) is 41.7 Å². The summed E-state index contributed by atoms with van der Waals surface area (Å²) in [6.45, 7) is 0. The molecule has 2 N–H and O–H groups in total. The zero-order valence-electron chi connectivity index (χ0n) is 11.5. The van der Waals surface area contributed by atoms with Gasteiger partial charge in [-0.2, -0.15) is 0 Å². The van der Waals surface area contributed by atoms with Crippen molar-refractivity contribution in [1.29, 1.82) is 0 Å². The van der Waals surface area contributed by atoms with Crippen molar-refractivity contribution < 1.29 is 4.74 Å². The van der Waals surface area contributed by atoms with Crippen molar-refractivity contribution in [2.45, 2.75) is 24.8 Å². The summed E-state index contributed by atoms with van der Waals surface area (Å²) in [6.07, 6.45) is 1.84. The summed E-state index contributed by atoms with van der Waals surface area (Å²) in [5.74, 6) is 1.06. The van der Waals surface area contributed by atoms with Crippen LogP contribution in [-0.2, 0) is 6.42 Å². The molecule has 0 fully saturated rings. The monoisotopic (exact) mass is 287 g/mol. The Hall–Kier alpha value is -1.51. The molecule has 0 aromatic heterocycles. The number of hydrogen-bond donors (Lipinski definition) is 1. The Morgan fingerprint density at radius 3 is 2.65 bits per heavy atom. The van der Waals surface area contributed by atoms with Crippen LogP contribution in [0, 0.1) is 0 Å². The number of ether oxygens (including phenoxy) is 1. The highest BCUT2D eigenvalue weighted by atomic mass is 35.5. The van der Waals surface area contributed by atoms with Crippen LogP contribution in [0.2, 0.25) is 5.02 Å². The van der Waals surface area contributed by atoms with Crippen molar-refractivity contribution in [3.05, 3.63) is 64.2 Å². The van der Waals surface area contributed by atoms with Crippen LogP contribution < -0.4 is 10.5 Å². The van der Waals surface area contributed by atoms with E-state index in [4.69, 9.17) is 22.1 Å². The van der Waals surface area contributed by atoms with Gasteiger partial charge in [-0.25, -0.2) is 0 Å². The first-order chi connectivity index (χ1) is 9.69. The van der Waals surface area contributed by atoms with Gasteiger partial charge in [0, 0.05) is 12.0 Å². The quantitative estimate of drug-likeness (QED) is 0.913. The van der Waals surface area contributed by atoms with E-state index in [1.54, 1.807) is 7.11 Å². The summed E-state index contributed by atoms with van der Waals surface area (Å²) >= 11 is 6.24. The SMILES string of the molecule is COc1cc2c(cc1Cl)C[C@H](N)C[C@@H]2c1ccccc1. The Labute approximate surface area is 124 Å². The second-order valence-corrected chi connectivity index (χ2v) is 5.76. The molecule has 0 saturated carbocycles. The van der Waals surface area contributed by atoms with Crippen LogP contribution >= 0.6 is 11.6 Å². The van der Waals surface area contributed by atoms with Gasteiger partial charge in [0.2, 0.25) is 0 Å². The van der Waals surface area contributed by atoms with Crippen LogP contribution in [0.3, 0.4) is 0 Å². The maximum absolute atomic E-state index is 6.24. The van der Waals surface area contributed by atoms with Crippen molar-refractivity contribution in [3.8, 4) is 5.75 Å². The number of benzene rings is 2. The smallest absolute Gasteiger partial charge is 0.137 e. The Kier molecular flexibility index (Phi) is 3.68. The number of nitrogens with two attached hydrogens (primary N) is 1. The highest BCUT2D eigenvalue weighted by molar-refractivity contribution is 6.32. The molecule has 2 atom stereocenters. The Bertz CT molecular complexity index is 612. The zero-order chi connectivity index (χ0) is 14.1. The third-order valence-corrected chi connectivity index (χ3v) is 4.31. The standard InChI is InChI=1S/C17H18ClNO/c1-20-17-10-15-12(8-16(17)18)7-13(19)9-14(15)11-5-3-2-4-6-11/h2-6,8,10,13-14H,7,9,19H2,1H3/t13-,14+/m0/s1. The van der Waals surface area contributed by atoms with Crippen LogP contribution in [0.5, 0.6) is 5.75 Å². The predicted molar refractivity (Wildman–Crippen MR) is 82.6 cm³/mol. The molecule has 0 bridgehead atoms. The number of hydrogen-bond acceptors (Lipinski definition) is 2. The molecule has 2 nitrogen and oxygen atoms in total. The number of rotatable bonds is 2. The fourth-order valence-corrected chi connectivity index (χ4v) is 3.33. The maximum atomic E-state index is 6.24. The molecule has 0 saturated heterocycles. The average molecular weight is 288 g/mol. The fourth-order valence-electron chi connectivity index (χ4n) is 3.06. The van der Waals surface area contributed by atoms with E-state index in [1.807, 2.05) is 12.1 Å². The molecular weight excluding hydrogens is 270 g/mol. The Morgan fingerprint density at radius 2 is 1.95 bits per heavy atom. The highest BCUT2D eigenvalue weighted by Gasteiger charge is 2.27. The third-order valence-electron chi connectivity index (χ3n) is 4.01. The number of fused-ring (bicyclic) bond motifs is 1. The largest absolute Gasteiger partial charge is 0.495 e. The fraction of sp³-hybridized carbons (Fsp3) is 0.294. The molecule has 0 radical (unpaired) electrons. The van der Waals surface area contributed by atoms with Crippen molar-refractivity contribution in [1.82, 2.24) is 0 Å². The summed E-state index contributed by atoms with van der Waals surface area (Å²) in [7, 11) is 1.65. The Balaban J connectivity index is 2.11. The third kappa shape index (κ3) is 2.41. The molecule has 2 aromatic rings. The molecule has 2 aromatic carbocycles. The minimum atomic E-state index is 0.178. The van der Waals surface area contributed by atoms with Crippen LogP contribution in [-0.4, -0.2) is 13.2 Å². The highest BCUT2D eigenvalue weighted by Crippen LogP contribution is 2.40. The lowest BCUT2D eigenvalue weighted by Crippen LogP contribution is -2.31. The van der Waals surface area contributed by atoms with Gasteiger partial charge in [-0.1, -0.05) is 41.9 Å². The summed E-state index contributed by atoms with van der Waals surface area (Å²) < 4.78 is 5.36. The predicted octanol–water partition coefficient (Wildman–Crippen LogP) is 3.75. The summed E-state index contributed by atoms with van der Waals surface area (Å²) in [5.41, 5.74) is 10.1. The second kappa shape index (κ2) is 5.47. The van der Waals surface area contributed by atoms with E-state index < -0.39 is 0 Å². The van der Waals surface area contributed by atoms with Gasteiger partial charge in [-0.15, -0.1) is 0 Å². The molecule has 0 amide bonds. The van der Waals surface area contributed by atoms with Gasteiger partial charge in [-0.3, -0.25) is 0 Å². The van der Waals surface area contributed by atoms with Crippen molar-refractivity contribution in [3.63, 3.8) is 0 Å². The van der Waals surface area contributed by atoms with Crippen LogP contribution in [0.25, 0.3) is 0 Å². The van der Waals surface area contributed by atoms with Crippen molar-refractivity contribution >= 4 is 11.6 Å². The minimum Gasteiger partial charge on any atom is -0.495 e. The first-order valence-electron chi connectivity index (χ1n) is 6.86. The maximum Gasteiger partial charge on any atom is 0.137 e. The molecule has 3 rings (SSSR count). The number of halogens is 1. The topological polar surface area (TPSA) is 35.2 Å². The lowest BCUT2D eigenvalue weighted by molar-refractivity contribution is 0.412. The molecule has 0 aliphatic heterocycles. The molecule has 0 spiro atoms. The summed E-state index contributed by atoms with van der Waals surface area (Å²) in [6, 6.07) is 14.8. The molecule has 0 unspecified atom stereocenters. The normalized spacial score (nSPS) is 21.4. The summed E-state index contributed by atoms with van der Waals surface area (Å²) in [5, 5.41) is 0.659. The lowest BCUT2D eigenvalue weighted by atomic mass is 9.77. The zero-order valence-corrected chi connectivity index (χ0v) is 12.2. The molecule has 0 heterocycles. The Morgan fingerprint density at radius 1 is 1.20 bits per heavy atom. The molecule has 3 heteroatoms. The molecule has 20 heavy (non-hydrogen) atoms. The van der Waals surface area contributed by atoms with Gasteiger partial charge < -0.3 is 10.5 Å². The van der Waals surface area contributed by atoms with E-state index in [-0.39, 0.29) is 6.04 Å². The lowest BCUT2D eigenvalue weighted by Gasteiger charge is -2.30. The van der Waals surface area contributed by atoms with Crippen LogP contribution in [0.15, 0.2) is 42.5 Å². The molecule has 1 aliphatic rings. The molecular formula is C17H18ClNO. The van der Waals surface area contributed by atoms with Gasteiger partial charge in [0.15, 0.2) is 0 Å². The van der Waals surface area contributed by atoms with E-state index in [0.29, 0.717) is 10.9 Å². The van der Waals surface area contributed by atoms with E-state index in [9.17, 15) is 0 Å². The van der Waals surface area contributed by atoms with Gasteiger partial charge in [0.1, 0.15) is 5.75 Å².